The van der Waals surface area contributed by atoms with Gasteiger partial charge >= 0.3 is 0 Å². The molecule has 2 heteroatoms. The van der Waals surface area contributed by atoms with Crippen LogP contribution in [0.4, 0.5) is 5.69 Å². The van der Waals surface area contributed by atoms with E-state index in [9.17, 15) is 0 Å². The Morgan fingerprint density at radius 2 is 2.07 bits per heavy atom. The van der Waals surface area contributed by atoms with Crippen LogP contribution in [-0.4, -0.2) is 4.98 Å². The van der Waals surface area contributed by atoms with Gasteiger partial charge in [0.2, 0.25) is 0 Å². The van der Waals surface area contributed by atoms with Crippen LogP contribution in [0.3, 0.4) is 0 Å². The highest BCUT2D eigenvalue weighted by molar-refractivity contribution is 5.68. The molecule has 0 amide bonds. The number of hydrogen-bond acceptors (Lipinski definition) is 2. The number of fused-ring (bicyclic) bond motifs is 1. The molecule has 0 aliphatic heterocycles. The molecule has 0 radical (unpaired) electrons. The zero-order chi connectivity index (χ0) is 10.3. The number of pyridine rings is 1. The first-order valence-corrected chi connectivity index (χ1v) is 5.82. The number of nitrogens with two attached hydrogens (primary N) is 1. The first kappa shape index (κ1) is 8.96. The van der Waals surface area contributed by atoms with Crippen molar-refractivity contribution in [2.75, 3.05) is 5.73 Å². The molecule has 0 bridgehead atoms. The highest BCUT2D eigenvalue weighted by Crippen LogP contribution is 2.32. The van der Waals surface area contributed by atoms with Gasteiger partial charge in [-0.05, 0) is 55.7 Å². The number of hydrogen-bond donors (Lipinski definition) is 1. The largest absolute Gasteiger partial charge is 0.398 e. The van der Waals surface area contributed by atoms with E-state index in [-0.39, 0.29) is 0 Å². The minimum atomic E-state index is 0.959. The van der Waals surface area contributed by atoms with E-state index in [1.165, 1.54) is 42.5 Å². The highest BCUT2D eigenvalue weighted by Gasteiger charge is 2.18. The van der Waals surface area contributed by atoms with Crippen molar-refractivity contribution in [3.63, 3.8) is 0 Å². The molecule has 2 nitrogen and oxygen atoms in total. The van der Waals surface area contributed by atoms with Crippen molar-refractivity contribution >= 4 is 11.3 Å². The lowest BCUT2D eigenvalue weighted by atomic mass is 10.1. The summed E-state index contributed by atoms with van der Waals surface area (Å²) in [6.07, 6.45) is 9.40. The molecular weight excluding hydrogens is 184 g/mol. The third-order valence-corrected chi connectivity index (χ3v) is 3.45. The molecule has 2 aliphatic rings. The van der Waals surface area contributed by atoms with E-state index in [0.717, 1.165) is 24.2 Å². The number of anilines is 1. The fourth-order valence-electron chi connectivity index (χ4n) is 2.64. The van der Waals surface area contributed by atoms with E-state index in [2.05, 4.69) is 12.1 Å². The van der Waals surface area contributed by atoms with Crippen molar-refractivity contribution in [2.24, 2.45) is 0 Å². The lowest BCUT2D eigenvalue weighted by molar-refractivity contribution is 0.897. The summed E-state index contributed by atoms with van der Waals surface area (Å²) in [6.45, 7) is 0. The van der Waals surface area contributed by atoms with Gasteiger partial charge in [-0.2, -0.15) is 0 Å². The predicted molar refractivity (Wildman–Crippen MR) is 62.5 cm³/mol. The van der Waals surface area contributed by atoms with Gasteiger partial charge in [-0.1, -0.05) is 6.08 Å². The number of rotatable bonds is 1. The Bertz CT molecular complexity index is 432. The Labute approximate surface area is 90.2 Å². The van der Waals surface area contributed by atoms with Crippen molar-refractivity contribution in [1.82, 2.24) is 4.98 Å². The zero-order valence-electron chi connectivity index (χ0n) is 8.92. The SMILES string of the molecule is Nc1cc(C2=CCCC2)nc2c1CCC2. The quantitative estimate of drug-likeness (QED) is 0.757. The minimum absolute atomic E-state index is 0.959. The molecule has 1 heterocycles. The van der Waals surface area contributed by atoms with E-state index >= 15 is 0 Å². The summed E-state index contributed by atoms with van der Waals surface area (Å²) in [5, 5.41) is 0. The number of nitrogens with zero attached hydrogens (tertiary/aromatic N) is 1. The Morgan fingerprint density at radius 1 is 1.13 bits per heavy atom. The van der Waals surface area contributed by atoms with Crippen LogP contribution < -0.4 is 5.73 Å². The monoisotopic (exact) mass is 200 g/mol. The van der Waals surface area contributed by atoms with Crippen molar-refractivity contribution in [2.45, 2.75) is 38.5 Å². The maximum Gasteiger partial charge on any atom is 0.0682 e. The highest BCUT2D eigenvalue weighted by atomic mass is 14.8. The second-order valence-electron chi connectivity index (χ2n) is 4.50. The molecule has 15 heavy (non-hydrogen) atoms. The number of aromatic nitrogens is 1. The Balaban J connectivity index is 2.07. The van der Waals surface area contributed by atoms with Gasteiger partial charge in [0.15, 0.2) is 0 Å². The first-order chi connectivity index (χ1) is 7.34. The summed E-state index contributed by atoms with van der Waals surface area (Å²) in [4.78, 5) is 4.75. The van der Waals surface area contributed by atoms with Gasteiger partial charge in [0.05, 0.1) is 5.69 Å². The summed E-state index contributed by atoms with van der Waals surface area (Å²) in [5.74, 6) is 0. The average molecular weight is 200 g/mol. The standard InChI is InChI=1S/C13H16N2/c14-11-8-13(9-4-1-2-5-9)15-12-7-3-6-10(11)12/h4,8H,1-3,5-7H2,(H2,14,15). The summed E-state index contributed by atoms with van der Waals surface area (Å²) >= 11 is 0. The van der Waals surface area contributed by atoms with Crippen LogP contribution in [0.5, 0.6) is 0 Å². The number of nitrogen functional groups attached to an aromatic ring is 1. The topological polar surface area (TPSA) is 38.9 Å². The third kappa shape index (κ3) is 1.44. The van der Waals surface area contributed by atoms with Gasteiger partial charge in [0.1, 0.15) is 0 Å². The van der Waals surface area contributed by atoms with Crippen LogP contribution in [0.15, 0.2) is 12.1 Å². The van der Waals surface area contributed by atoms with Gasteiger partial charge < -0.3 is 5.73 Å². The van der Waals surface area contributed by atoms with Crippen molar-refractivity contribution < 1.29 is 0 Å². The molecular formula is C13H16N2. The molecule has 0 spiro atoms. The predicted octanol–water partition coefficient (Wildman–Crippen LogP) is 2.72. The number of aryl methyl sites for hydroxylation is 1. The average Bonchev–Trinajstić information content (AvgIpc) is 2.88. The molecule has 1 aromatic rings. The van der Waals surface area contributed by atoms with Crippen LogP contribution in [0, 0.1) is 0 Å². The molecule has 0 aromatic carbocycles. The van der Waals surface area contributed by atoms with Gasteiger partial charge in [-0.25, -0.2) is 0 Å². The zero-order valence-corrected chi connectivity index (χ0v) is 8.92. The summed E-state index contributed by atoms with van der Waals surface area (Å²) in [7, 11) is 0. The van der Waals surface area contributed by atoms with Gasteiger partial charge in [-0.15, -0.1) is 0 Å². The second-order valence-corrected chi connectivity index (χ2v) is 4.50. The minimum Gasteiger partial charge on any atom is -0.398 e. The van der Waals surface area contributed by atoms with Gasteiger partial charge in [-0.3, -0.25) is 4.98 Å². The van der Waals surface area contributed by atoms with Crippen molar-refractivity contribution in [3.05, 3.63) is 29.1 Å². The summed E-state index contributed by atoms with van der Waals surface area (Å²) in [6, 6.07) is 2.07. The molecule has 1 aromatic heterocycles. The molecule has 0 saturated heterocycles. The Kier molecular flexibility index (Phi) is 2.01. The smallest absolute Gasteiger partial charge is 0.0682 e. The fraction of sp³-hybridized carbons (Fsp3) is 0.462. The second kappa shape index (κ2) is 3.37. The molecule has 78 valence electrons. The maximum atomic E-state index is 6.07. The lowest BCUT2D eigenvalue weighted by Gasteiger charge is -2.08. The molecule has 0 unspecified atom stereocenters. The van der Waals surface area contributed by atoms with E-state index in [1.807, 2.05) is 0 Å². The van der Waals surface area contributed by atoms with Crippen molar-refractivity contribution in [1.29, 1.82) is 0 Å². The normalized spacial score (nSPS) is 19.1. The van der Waals surface area contributed by atoms with E-state index in [0.29, 0.717) is 0 Å². The van der Waals surface area contributed by atoms with E-state index < -0.39 is 0 Å². The third-order valence-electron chi connectivity index (χ3n) is 3.45. The molecule has 0 fully saturated rings. The van der Waals surface area contributed by atoms with Crippen LogP contribution in [0.1, 0.15) is 42.6 Å². The molecule has 2 aliphatic carbocycles. The summed E-state index contributed by atoms with van der Waals surface area (Å²) < 4.78 is 0. The molecule has 0 atom stereocenters. The van der Waals surface area contributed by atoms with Gasteiger partial charge in [0, 0.05) is 11.4 Å². The van der Waals surface area contributed by atoms with Crippen molar-refractivity contribution in [3.8, 4) is 0 Å². The Hall–Kier alpha value is -1.31. The lowest BCUT2D eigenvalue weighted by Crippen LogP contribution is -2.00. The van der Waals surface area contributed by atoms with Crippen LogP contribution in [-0.2, 0) is 12.8 Å². The van der Waals surface area contributed by atoms with Crippen LogP contribution in [0.25, 0.3) is 5.57 Å². The first-order valence-electron chi connectivity index (χ1n) is 5.82. The Morgan fingerprint density at radius 3 is 2.87 bits per heavy atom. The molecule has 2 N–H and O–H groups in total. The van der Waals surface area contributed by atoms with E-state index in [4.69, 9.17) is 10.7 Å². The summed E-state index contributed by atoms with van der Waals surface area (Å²) in [5.41, 5.74) is 12.1. The molecule has 0 saturated carbocycles. The molecule has 3 rings (SSSR count). The van der Waals surface area contributed by atoms with E-state index in [1.54, 1.807) is 0 Å². The number of allylic oxidation sites excluding steroid dienone is 2. The maximum absolute atomic E-state index is 6.07. The van der Waals surface area contributed by atoms with Crippen LogP contribution >= 0.6 is 0 Å². The van der Waals surface area contributed by atoms with Gasteiger partial charge in [0.25, 0.3) is 0 Å². The fourth-order valence-corrected chi connectivity index (χ4v) is 2.64. The van der Waals surface area contributed by atoms with Crippen LogP contribution in [0.2, 0.25) is 0 Å².